The van der Waals surface area contributed by atoms with Crippen LogP contribution in [0.1, 0.15) is 22.6 Å². The molecule has 0 aliphatic rings. The maximum absolute atomic E-state index is 12.1. The van der Waals surface area contributed by atoms with Gasteiger partial charge in [0, 0.05) is 23.6 Å². The van der Waals surface area contributed by atoms with Crippen molar-refractivity contribution in [3.63, 3.8) is 0 Å². The Labute approximate surface area is 137 Å². The van der Waals surface area contributed by atoms with Crippen molar-refractivity contribution >= 4 is 27.4 Å². The van der Waals surface area contributed by atoms with Crippen LogP contribution in [-0.4, -0.2) is 21.8 Å². The lowest BCUT2D eigenvalue weighted by Gasteiger charge is -2.06. The van der Waals surface area contributed by atoms with E-state index in [4.69, 9.17) is 0 Å². The molecule has 3 rings (SSSR count). The highest BCUT2D eigenvalue weighted by Gasteiger charge is 2.08. The minimum Gasteiger partial charge on any atom is -0.352 e. The monoisotopic (exact) mass is 357 g/mol. The smallest absolute Gasteiger partial charge is 0.252 e. The lowest BCUT2D eigenvalue weighted by Crippen LogP contribution is -2.25. The molecule has 3 aromatic rings. The summed E-state index contributed by atoms with van der Waals surface area (Å²) in [5.41, 5.74) is 1.75. The van der Waals surface area contributed by atoms with E-state index < -0.39 is 0 Å². The summed E-state index contributed by atoms with van der Waals surface area (Å²) >= 11 is 3.39. The molecule has 1 aromatic carbocycles. The lowest BCUT2D eigenvalue weighted by molar-refractivity contribution is 0.0952. The Balaban J connectivity index is 1.54. The van der Waals surface area contributed by atoms with Crippen LogP contribution in [0.5, 0.6) is 0 Å². The Morgan fingerprint density at radius 2 is 2.00 bits per heavy atom. The first-order chi connectivity index (χ1) is 10.8. The molecule has 0 unspecified atom stereocenters. The molecule has 0 spiro atoms. The Morgan fingerprint density at radius 3 is 2.86 bits per heavy atom. The Kier molecular flexibility index (Phi) is 4.53. The van der Waals surface area contributed by atoms with E-state index in [9.17, 15) is 4.79 Å². The first-order valence-corrected chi connectivity index (χ1v) is 7.99. The standard InChI is InChI=1S/C17H16BrN3O/c18-15-8-2-1-7-14(15)17(22)19-10-5-9-16-20-12-13-6-3-4-11-21(13)16/h1-4,6-8,11-12H,5,9-10H2,(H,19,22). The van der Waals surface area contributed by atoms with Gasteiger partial charge in [-0.15, -0.1) is 0 Å². The van der Waals surface area contributed by atoms with Gasteiger partial charge >= 0.3 is 0 Å². The third-order valence-electron chi connectivity index (χ3n) is 3.50. The topological polar surface area (TPSA) is 46.4 Å². The third-order valence-corrected chi connectivity index (χ3v) is 4.19. The normalized spacial score (nSPS) is 10.8. The number of carbonyl (C=O) groups excluding carboxylic acids is 1. The van der Waals surface area contributed by atoms with Gasteiger partial charge < -0.3 is 9.72 Å². The van der Waals surface area contributed by atoms with Crippen LogP contribution >= 0.6 is 15.9 Å². The number of aryl methyl sites for hydroxylation is 1. The number of amides is 1. The first kappa shape index (κ1) is 14.8. The molecule has 0 fully saturated rings. The van der Waals surface area contributed by atoms with E-state index in [1.165, 1.54) is 0 Å². The fraction of sp³-hybridized carbons (Fsp3) is 0.176. The molecule has 0 aliphatic carbocycles. The summed E-state index contributed by atoms with van der Waals surface area (Å²) in [5.74, 6) is 0.964. The summed E-state index contributed by atoms with van der Waals surface area (Å²) in [5, 5.41) is 2.94. The van der Waals surface area contributed by atoms with Crippen molar-refractivity contribution in [2.45, 2.75) is 12.8 Å². The van der Waals surface area contributed by atoms with Gasteiger partial charge in [-0.2, -0.15) is 0 Å². The molecule has 0 saturated carbocycles. The van der Waals surface area contributed by atoms with Gasteiger partial charge in [-0.3, -0.25) is 4.79 Å². The number of imidazole rings is 1. The minimum absolute atomic E-state index is 0.0551. The highest BCUT2D eigenvalue weighted by Crippen LogP contribution is 2.15. The summed E-state index contributed by atoms with van der Waals surface area (Å²) in [6.45, 7) is 0.627. The van der Waals surface area contributed by atoms with Crippen molar-refractivity contribution in [1.29, 1.82) is 0 Å². The van der Waals surface area contributed by atoms with Crippen molar-refractivity contribution in [2.75, 3.05) is 6.54 Å². The molecule has 0 bridgehead atoms. The number of rotatable bonds is 5. The SMILES string of the molecule is O=C(NCCCc1ncc2ccccn12)c1ccccc1Br. The van der Waals surface area contributed by atoms with E-state index in [1.807, 2.05) is 54.9 Å². The van der Waals surface area contributed by atoms with E-state index >= 15 is 0 Å². The molecule has 0 atom stereocenters. The molecule has 0 aliphatic heterocycles. The van der Waals surface area contributed by atoms with Crippen LogP contribution in [0.4, 0.5) is 0 Å². The van der Waals surface area contributed by atoms with Gasteiger partial charge in [0.05, 0.1) is 17.3 Å². The largest absolute Gasteiger partial charge is 0.352 e. The lowest BCUT2D eigenvalue weighted by atomic mass is 10.2. The quantitative estimate of drug-likeness (QED) is 0.710. The van der Waals surface area contributed by atoms with Gasteiger partial charge in [-0.05, 0) is 46.6 Å². The highest BCUT2D eigenvalue weighted by atomic mass is 79.9. The number of benzene rings is 1. The number of pyridine rings is 1. The van der Waals surface area contributed by atoms with Crippen LogP contribution in [0.3, 0.4) is 0 Å². The number of halogens is 1. The van der Waals surface area contributed by atoms with Crippen LogP contribution < -0.4 is 5.32 Å². The van der Waals surface area contributed by atoms with Crippen LogP contribution in [0.2, 0.25) is 0 Å². The van der Waals surface area contributed by atoms with Crippen molar-refractivity contribution in [3.05, 3.63) is 70.7 Å². The summed E-state index contributed by atoms with van der Waals surface area (Å²) in [6, 6.07) is 13.4. The van der Waals surface area contributed by atoms with Crippen LogP contribution in [0.15, 0.2) is 59.3 Å². The zero-order valence-electron chi connectivity index (χ0n) is 12.0. The van der Waals surface area contributed by atoms with E-state index in [1.54, 1.807) is 0 Å². The second-order valence-electron chi connectivity index (χ2n) is 5.01. The molecule has 5 heteroatoms. The van der Waals surface area contributed by atoms with Crippen molar-refractivity contribution in [1.82, 2.24) is 14.7 Å². The zero-order chi connectivity index (χ0) is 15.4. The molecule has 4 nitrogen and oxygen atoms in total. The third kappa shape index (κ3) is 3.20. The number of fused-ring (bicyclic) bond motifs is 1. The number of hydrogen-bond donors (Lipinski definition) is 1. The summed E-state index contributed by atoms with van der Waals surface area (Å²) < 4.78 is 2.89. The van der Waals surface area contributed by atoms with E-state index in [-0.39, 0.29) is 5.91 Å². The van der Waals surface area contributed by atoms with E-state index in [0.29, 0.717) is 12.1 Å². The molecule has 1 amide bonds. The van der Waals surface area contributed by atoms with Crippen LogP contribution in [-0.2, 0) is 6.42 Å². The van der Waals surface area contributed by atoms with Gasteiger partial charge in [0.25, 0.3) is 5.91 Å². The number of aromatic nitrogens is 2. The molecule has 1 N–H and O–H groups in total. The molecule has 2 aromatic heterocycles. The summed E-state index contributed by atoms with van der Waals surface area (Å²) in [4.78, 5) is 16.5. The fourth-order valence-electron chi connectivity index (χ4n) is 2.37. The highest BCUT2D eigenvalue weighted by molar-refractivity contribution is 9.10. The zero-order valence-corrected chi connectivity index (χ0v) is 13.6. The average Bonchev–Trinajstić information content (AvgIpc) is 2.95. The van der Waals surface area contributed by atoms with Crippen molar-refractivity contribution < 1.29 is 4.79 Å². The van der Waals surface area contributed by atoms with Crippen LogP contribution in [0, 0.1) is 0 Å². The molecular formula is C17H16BrN3O. The Bertz CT molecular complexity index is 797. The number of hydrogen-bond acceptors (Lipinski definition) is 2. The van der Waals surface area contributed by atoms with E-state index in [0.717, 1.165) is 28.7 Å². The van der Waals surface area contributed by atoms with Gasteiger partial charge in [-0.25, -0.2) is 4.98 Å². The summed E-state index contributed by atoms with van der Waals surface area (Å²) in [7, 11) is 0. The van der Waals surface area contributed by atoms with Crippen molar-refractivity contribution in [2.24, 2.45) is 0 Å². The maximum Gasteiger partial charge on any atom is 0.252 e. The van der Waals surface area contributed by atoms with Crippen LogP contribution in [0.25, 0.3) is 5.52 Å². The fourth-order valence-corrected chi connectivity index (χ4v) is 2.84. The Hall–Kier alpha value is -2.14. The molecule has 2 heterocycles. The molecule has 22 heavy (non-hydrogen) atoms. The number of carbonyl (C=O) groups is 1. The predicted octanol–water partition coefficient (Wildman–Crippen LogP) is 3.46. The van der Waals surface area contributed by atoms with E-state index in [2.05, 4.69) is 30.6 Å². The van der Waals surface area contributed by atoms with Gasteiger partial charge in [-0.1, -0.05) is 18.2 Å². The molecule has 112 valence electrons. The minimum atomic E-state index is -0.0551. The number of nitrogens with zero attached hydrogens (tertiary/aromatic N) is 2. The first-order valence-electron chi connectivity index (χ1n) is 7.19. The molecular weight excluding hydrogens is 342 g/mol. The Morgan fingerprint density at radius 1 is 1.18 bits per heavy atom. The van der Waals surface area contributed by atoms with Gasteiger partial charge in [0.15, 0.2) is 0 Å². The molecule has 0 radical (unpaired) electrons. The maximum atomic E-state index is 12.1. The van der Waals surface area contributed by atoms with Gasteiger partial charge in [0.1, 0.15) is 5.82 Å². The second kappa shape index (κ2) is 6.75. The average molecular weight is 358 g/mol. The predicted molar refractivity (Wildman–Crippen MR) is 90.0 cm³/mol. The summed E-state index contributed by atoms with van der Waals surface area (Å²) in [6.07, 6.45) is 5.56. The molecule has 0 saturated heterocycles. The van der Waals surface area contributed by atoms with Crippen molar-refractivity contribution in [3.8, 4) is 0 Å². The second-order valence-corrected chi connectivity index (χ2v) is 5.86. The number of nitrogens with one attached hydrogen (secondary N) is 1. The van der Waals surface area contributed by atoms with Gasteiger partial charge in [0.2, 0.25) is 0 Å².